The Morgan fingerprint density at radius 1 is 1.11 bits per heavy atom. The zero-order chi connectivity index (χ0) is 18.6. The van der Waals surface area contributed by atoms with Crippen LogP contribution in [0.15, 0.2) is 66.9 Å². The predicted molar refractivity (Wildman–Crippen MR) is 108 cm³/mol. The molecule has 2 aliphatic heterocycles. The SMILES string of the molecule is CC1(C)c2ccccc2N2CC(=O)N[C@]21C=Cc1ccc2ncccc2c1. The Morgan fingerprint density at radius 2 is 1.96 bits per heavy atom. The molecule has 0 unspecified atom stereocenters. The van der Waals surface area contributed by atoms with Gasteiger partial charge in [-0.15, -0.1) is 0 Å². The third-order valence-corrected chi connectivity index (χ3v) is 6.02. The second kappa shape index (κ2) is 5.43. The maximum atomic E-state index is 12.4. The van der Waals surface area contributed by atoms with Gasteiger partial charge in [0.05, 0.1) is 12.1 Å². The largest absolute Gasteiger partial charge is 0.335 e. The fourth-order valence-corrected chi connectivity index (χ4v) is 4.55. The first-order valence-corrected chi connectivity index (χ1v) is 9.23. The van der Waals surface area contributed by atoms with Crippen LogP contribution in [0.3, 0.4) is 0 Å². The summed E-state index contributed by atoms with van der Waals surface area (Å²) in [4.78, 5) is 18.9. The molecule has 1 aromatic heterocycles. The molecule has 134 valence electrons. The number of hydrogen-bond donors (Lipinski definition) is 1. The van der Waals surface area contributed by atoms with Crippen molar-refractivity contribution in [1.82, 2.24) is 10.3 Å². The Bertz CT molecular complexity index is 1100. The summed E-state index contributed by atoms with van der Waals surface area (Å²) in [7, 11) is 0. The molecule has 0 spiro atoms. The molecule has 3 aromatic rings. The van der Waals surface area contributed by atoms with Crippen LogP contribution in [0.5, 0.6) is 0 Å². The number of pyridine rings is 1. The first kappa shape index (κ1) is 16.1. The van der Waals surface area contributed by atoms with Gasteiger partial charge in [-0.2, -0.15) is 0 Å². The Labute approximate surface area is 158 Å². The van der Waals surface area contributed by atoms with Gasteiger partial charge in [0.25, 0.3) is 0 Å². The lowest BCUT2D eigenvalue weighted by Crippen LogP contribution is -2.58. The third-order valence-electron chi connectivity index (χ3n) is 6.02. The van der Waals surface area contributed by atoms with E-state index >= 15 is 0 Å². The molecule has 3 heterocycles. The van der Waals surface area contributed by atoms with E-state index in [1.165, 1.54) is 5.56 Å². The zero-order valence-electron chi connectivity index (χ0n) is 15.4. The predicted octanol–water partition coefficient (Wildman–Crippen LogP) is 3.87. The lowest BCUT2D eigenvalue weighted by molar-refractivity contribution is -0.118. The molecule has 2 aliphatic rings. The maximum Gasteiger partial charge on any atom is 0.241 e. The average molecular weight is 355 g/mol. The van der Waals surface area contributed by atoms with Gasteiger partial charge in [0.1, 0.15) is 5.66 Å². The average Bonchev–Trinajstić information content (AvgIpc) is 3.11. The number of amides is 1. The van der Waals surface area contributed by atoms with Crippen LogP contribution in [0.2, 0.25) is 0 Å². The minimum atomic E-state index is -0.558. The van der Waals surface area contributed by atoms with Crippen molar-refractivity contribution >= 4 is 28.6 Å². The van der Waals surface area contributed by atoms with Gasteiger partial charge in [0.15, 0.2) is 0 Å². The quantitative estimate of drug-likeness (QED) is 0.759. The van der Waals surface area contributed by atoms with Crippen LogP contribution in [0.4, 0.5) is 5.69 Å². The molecular formula is C23H21N3O. The number of carbonyl (C=O) groups is 1. The monoisotopic (exact) mass is 355 g/mol. The van der Waals surface area contributed by atoms with Crippen molar-refractivity contribution in [1.29, 1.82) is 0 Å². The standard InChI is InChI=1S/C23H21N3O/c1-22(2)18-7-3-4-8-20(18)26-15-21(27)25-23(22,26)12-11-16-9-10-19-17(14-16)6-5-13-24-19/h3-14H,15H2,1-2H3,(H,25,27)/t23-/m1/s1. The van der Waals surface area contributed by atoms with Crippen molar-refractivity contribution in [2.75, 3.05) is 11.4 Å². The van der Waals surface area contributed by atoms with Crippen molar-refractivity contribution in [2.45, 2.75) is 24.9 Å². The highest BCUT2D eigenvalue weighted by molar-refractivity contribution is 5.92. The van der Waals surface area contributed by atoms with E-state index in [4.69, 9.17) is 0 Å². The zero-order valence-corrected chi connectivity index (χ0v) is 15.4. The molecule has 27 heavy (non-hydrogen) atoms. The molecule has 4 heteroatoms. The molecule has 2 aromatic carbocycles. The second-order valence-corrected chi connectivity index (χ2v) is 7.83. The molecule has 0 radical (unpaired) electrons. The van der Waals surface area contributed by atoms with Gasteiger partial charge < -0.3 is 10.2 Å². The third kappa shape index (κ3) is 2.16. The highest BCUT2D eigenvalue weighted by Gasteiger charge is 2.59. The summed E-state index contributed by atoms with van der Waals surface area (Å²) in [6, 6.07) is 18.6. The smallest absolute Gasteiger partial charge is 0.241 e. The molecular weight excluding hydrogens is 334 g/mol. The van der Waals surface area contributed by atoms with E-state index in [0.29, 0.717) is 6.54 Å². The highest BCUT2D eigenvalue weighted by Crippen LogP contribution is 2.52. The Hall–Kier alpha value is -3.14. The van der Waals surface area contributed by atoms with Crippen molar-refractivity contribution < 1.29 is 4.79 Å². The summed E-state index contributed by atoms with van der Waals surface area (Å²) < 4.78 is 0. The van der Waals surface area contributed by atoms with Crippen molar-refractivity contribution in [3.63, 3.8) is 0 Å². The summed E-state index contributed by atoms with van der Waals surface area (Å²) >= 11 is 0. The number of benzene rings is 2. The van der Waals surface area contributed by atoms with Crippen molar-refractivity contribution in [3.05, 3.63) is 78.0 Å². The topological polar surface area (TPSA) is 45.2 Å². The molecule has 1 atom stereocenters. The first-order valence-electron chi connectivity index (χ1n) is 9.23. The van der Waals surface area contributed by atoms with Crippen molar-refractivity contribution in [2.24, 2.45) is 0 Å². The molecule has 0 aliphatic carbocycles. The van der Waals surface area contributed by atoms with E-state index in [2.05, 4.69) is 77.6 Å². The number of fused-ring (bicyclic) bond motifs is 4. The molecule has 1 saturated heterocycles. The van der Waals surface area contributed by atoms with E-state index in [1.807, 2.05) is 18.2 Å². The summed E-state index contributed by atoms with van der Waals surface area (Å²) in [5, 5.41) is 4.37. The number of hydrogen-bond acceptors (Lipinski definition) is 3. The molecule has 1 N–H and O–H groups in total. The van der Waals surface area contributed by atoms with Gasteiger partial charge in [-0.25, -0.2) is 0 Å². The molecule has 5 rings (SSSR count). The summed E-state index contributed by atoms with van der Waals surface area (Å²) in [6.07, 6.45) is 6.06. The van der Waals surface area contributed by atoms with Crippen LogP contribution in [-0.2, 0) is 10.2 Å². The Morgan fingerprint density at radius 3 is 2.85 bits per heavy atom. The fourth-order valence-electron chi connectivity index (χ4n) is 4.55. The molecule has 1 fully saturated rings. The number of para-hydroxylation sites is 1. The van der Waals surface area contributed by atoms with Crippen LogP contribution in [0, 0.1) is 0 Å². The van der Waals surface area contributed by atoms with Gasteiger partial charge in [0.2, 0.25) is 5.91 Å². The number of aromatic nitrogens is 1. The van der Waals surface area contributed by atoms with Crippen LogP contribution in [0.25, 0.3) is 17.0 Å². The molecule has 0 saturated carbocycles. The maximum absolute atomic E-state index is 12.4. The summed E-state index contributed by atoms with van der Waals surface area (Å²) in [5.74, 6) is 0.0601. The normalized spacial score (nSPS) is 22.9. The van der Waals surface area contributed by atoms with Crippen LogP contribution < -0.4 is 10.2 Å². The highest BCUT2D eigenvalue weighted by atomic mass is 16.2. The molecule has 0 bridgehead atoms. The van der Waals surface area contributed by atoms with E-state index in [9.17, 15) is 4.79 Å². The molecule has 1 amide bonds. The number of anilines is 1. The number of nitrogens with zero attached hydrogens (tertiary/aromatic N) is 2. The van der Waals surface area contributed by atoms with E-state index in [1.54, 1.807) is 6.20 Å². The Kier molecular flexibility index (Phi) is 3.23. The minimum absolute atomic E-state index is 0.0601. The van der Waals surface area contributed by atoms with Gasteiger partial charge in [0, 0.05) is 22.7 Å². The van der Waals surface area contributed by atoms with Gasteiger partial charge in [-0.05, 0) is 41.5 Å². The first-order chi connectivity index (χ1) is 13.0. The second-order valence-electron chi connectivity index (χ2n) is 7.83. The van der Waals surface area contributed by atoms with Gasteiger partial charge in [-0.1, -0.05) is 50.3 Å². The van der Waals surface area contributed by atoms with Crippen LogP contribution >= 0.6 is 0 Å². The van der Waals surface area contributed by atoms with Gasteiger partial charge >= 0.3 is 0 Å². The fraction of sp³-hybridized carbons (Fsp3) is 0.217. The summed E-state index contributed by atoms with van der Waals surface area (Å²) in [5.41, 5.74) is 3.67. The van der Waals surface area contributed by atoms with E-state index in [0.717, 1.165) is 22.2 Å². The lowest BCUT2D eigenvalue weighted by Gasteiger charge is -2.40. The van der Waals surface area contributed by atoms with Crippen molar-refractivity contribution in [3.8, 4) is 0 Å². The number of nitrogens with one attached hydrogen (secondary N) is 1. The lowest BCUT2D eigenvalue weighted by atomic mass is 9.75. The van der Waals surface area contributed by atoms with Crippen LogP contribution in [0.1, 0.15) is 25.0 Å². The number of rotatable bonds is 2. The van der Waals surface area contributed by atoms with E-state index in [-0.39, 0.29) is 11.3 Å². The number of carbonyl (C=O) groups excluding carboxylic acids is 1. The summed E-state index contributed by atoms with van der Waals surface area (Å²) in [6.45, 7) is 4.78. The Balaban J connectivity index is 1.61. The minimum Gasteiger partial charge on any atom is -0.335 e. The van der Waals surface area contributed by atoms with Crippen LogP contribution in [-0.4, -0.2) is 23.1 Å². The molecule has 4 nitrogen and oxygen atoms in total. The van der Waals surface area contributed by atoms with Gasteiger partial charge in [-0.3, -0.25) is 9.78 Å². The van der Waals surface area contributed by atoms with E-state index < -0.39 is 5.66 Å².